The van der Waals surface area contributed by atoms with Gasteiger partial charge in [-0.15, -0.1) is 0 Å². The Morgan fingerprint density at radius 1 is 0.903 bits per heavy atom. The Labute approximate surface area is 184 Å². The predicted molar refractivity (Wildman–Crippen MR) is 127 cm³/mol. The Morgan fingerprint density at radius 3 is 2.55 bits per heavy atom. The summed E-state index contributed by atoms with van der Waals surface area (Å²) < 4.78 is 6.25. The van der Waals surface area contributed by atoms with Crippen molar-refractivity contribution in [1.82, 2.24) is 4.98 Å². The highest BCUT2D eigenvalue weighted by molar-refractivity contribution is 6.30. The zero-order chi connectivity index (χ0) is 21.4. The molecular formula is C26H20ClN3O. The molecule has 0 unspecified atom stereocenters. The summed E-state index contributed by atoms with van der Waals surface area (Å²) in [5.41, 5.74) is 8.01. The van der Waals surface area contributed by atoms with E-state index >= 15 is 0 Å². The average Bonchev–Trinajstić information content (AvgIpc) is 2.77. The van der Waals surface area contributed by atoms with Gasteiger partial charge in [0.2, 0.25) is 0 Å². The smallest absolute Gasteiger partial charge is 0.146 e. The number of anilines is 1. The molecule has 0 aliphatic heterocycles. The molecule has 4 nitrogen and oxygen atoms in total. The van der Waals surface area contributed by atoms with Crippen LogP contribution in [0.2, 0.25) is 5.02 Å². The molecule has 0 aliphatic carbocycles. The van der Waals surface area contributed by atoms with Gasteiger partial charge in [0, 0.05) is 27.4 Å². The fraction of sp³-hybridized carbons (Fsp3) is 0.0769. The van der Waals surface area contributed by atoms with Gasteiger partial charge in [-0.1, -0.05) is 35.9 Å². The minimum atomic E-state index is 0.685. The summed E-state index contributed by atoms with van der Waals surface area (Å²) in [5.74, 6) is 1.41. The lowest BCUT2D eigenvalue weighted by molar-refractivity contribution is 0.617. The van der Waals surface area contributed by atoms with Crippen molar-refractivity contribution < 1.29 is 4.42 Å². The summed E-state index contributed by atoms with van der Waals surface area (Å²) in [6.45, 7) is 4.13. The van der Waals surface area contributed by atoms with Gasteiger partial charge in [-0.05, 0) is 73.5 Å². The molecule has 5 heteroatoms. The van der Waals surface area contributed by atoms with Crippen molar-refractivity contribution in [3.63, 3.8) is 0 Å². The molecule has 5 aromatic rings. The maximum Gasteiger partial charge on any atom is 0.146 e. The Bertz CT molecular complexity index is 1490. The monoisotopic (exact) mass is 425 g/mol. The summed E-state index contributed by atoms with van der Waals surface area (Å²) in [7, 11) is 0. The Morgan fingerprint density at radius 2 is 1.71 bits per heavy atom. The SMILES string of the molecule is Cc1cc(C)c2c(=NNc3ccc4ccccc4n3)cc(-c3ccc(Cl)cc3)oc2c1. The van der Waals surface area contributed by atoms with Gasteiger partial charge < -0.3 is 4.42 Å². The molecule has 5 rings (SSSR count). The summed E-state index contributed by atoms with van der Waals surface area (Å²) in [5, 5.41) is 8.24. The third-order valence-electron chi connectivity index (χ3n) is 5.21. The van der Waals surface area contributed by atoms with E-state index in [0.717, 1.165) is 49.7 Å². The highest BCUT2D eigenvalue weighted by atomic mass is 35.5. The van der Waals surface area contributed by atoms with Crippen LogP contribution in [0.5, 0.6) is 0 Å². The van der Waals surface area contributed by atoms with Gasteiger partial charge in [-0.25, -0.2) is 4.98 Å². The van der Waals surface area contributed by atoms with E-state index in [1.54, 1.807) is 0 Å². The van der Waals surface area contributed by atoms with Gasteiger partial charge in [-0.3, -0.25) is 5.43 Å². The van der Waals surface area contributed by atoms with Gasteiger partial charge >= 0.3 is 0 Å². The van der Waals surface area contributed by atoms with Crippen LogP contribution in [-0.2, 0) is 0 Å². The van der Waals surface area contributed by atoms with Crippen LogP contribution in [0.3, 0.4) is 0 Å². The second kappa shape index (κ2) is 7.89. The van der Waals surface area contributed by atoms with Crippen molar-refractivity contribution in [3.05, 3.63) is 100 Å². The van der Waals surface area contributed by atoms with E-state index in [9.17, 15) is 0 Å². The molecule has 31 heavy (non-hydrogen) atoms. The Hall–Kier alpha value is -3.63. The van der Waals surface area contributed by atoms with Crippen LogP contribution >= 0.6 is 11.6 Å². The van der Waals surface area contributed by atoms with E-state index < -0.39 is 0 Å². The minimum Gasteiger partial charge on any atom is -0.456 e. The van der Waals surface area contributed by atoms with Gasteiger partial charge in [-0.2, -0.15) is 5.10 Å². The van der Waals surface area contributed by atoms with E-state index in [4.69, 9.17) is 21.1 Å². The number of hydrogen-bond donors (Lipinski definition) is 1. The molecule has 0 aliphatic rings. The van der Waals surface area contributed by atoms with Gasteiger partial charge in [0.15, 0.2) is 0 Å². The molecule has 0 spiro atoms. The fourth-order valence-corrected chi connectivity index (χ4v) is 3.90. The third kappa shape index (κ3) is 3.90. The normalized spacial score (nSPS) is 11.9. The molecule has 0 saturated carbocycles. The number of fused-ring (bicyclic) bond motifs is 2. The first-order chi connectivity index (χ1) is 15.1. The maximum absolute atomic E-state index is 6.25. The van der Waals surface area contributed by atoms with Crippen molar-refractivity contribution in [2.45, 2.75) is 13.8 Å². The van der Waals surface area contributed by atoms with Crippen LogP contribution < -0.4 is 10.8 Å². The number of nitrogens with zero attached hydrogens (tertiary/aromatic N) is 2. The van der Waals surface area contributed by atoms with Gasteiger partial charge in [0.25, 0.3) is 0 Å². The molecule has 0 amide bonds. The zero-order valence-electron chi connectivity index (χ0n) is 17.2. The first kappa shape index (κ1) is 19.3. The number of para-hydroxylation sites is 1. The topological polar surface area (TPSA) is 50.4 Å². The lowest BCUT2D eigenvalue weighted by Crippen LogP contribution is -2.09. The molecule has 0 saturated heterocycles. The van der Waals surface area contributed by atoms with E-state index in [0.29, 0.717) is 10.8 Å². The van der Waals surface area contributed by atoms with E-state index in [1.807, 2.05) is 72.8 Å². The highest BCUT2D eigenvalue weighted by Crippen LogP contribution is 2.26. The number of aromatic nitrogens is 1. The van der Waals surface area contributed by atoms with Crippen LogP contribution in [0.1, 0.15) is 11.1 Å². The van der Waals surface area contributed by atoms with E-state index in [-0.39, 0.29) is 0 Å². The van der Waals surface area contributed by atoms with Crippen molar-refractivity contribution >= 4 is 39.3 Å². The zero-order valence-corrected chi connectivity index (χ0v) is 17.9. The quantitative estimate of drug-likeness (QED) is 0.322. The minimum absolute atomic E-state index is 0.685. The number of aryl methyl sites for hydroxylation is 2. The van der Waals surface area contributed by atoms with Gasteiger partial charge in [0.1, 0.15) is 17.2 Å². The van der Waals surface area contributed by atoms with E-state index in [2.05, 4.69) is 30.3 Å². The summed E-state index contributed by atoms with van der Waals surface area (Å²) in [4.78, 5) is 4.65. The Kier molecular flexibility index (Phi) is 4.92. The summed E-state index contributed by atoms with van der Waals surface area (Å²) >= 11 is 6.06. The molecule has 0 fully saturated rings. The van der Waals surface area contributed by atoms with Crippen LogP contribution in [0.15, 0.2) is 88.4 Å². The number of hydrogen-bond acceptors (Lipinski definition) is 4. The highest BCUT2D eigenvalue weighted by Gasteiger charge is 2.09. The van der Waals surface area contributed by atoms with Crippen LogP contribution in [0.25, 0.3) is 33.2 Å². The number of nitrogens with one attached hydrogen (secondary N) is 1. The third-order valence-corrected chi connectivity index (χ3v) is 5.46. The largest absolute Gasteiger partial charge is 0.456 e. The number of halogens is 1. The van der Waals surface area contributed by atoms with Crippen molar-refractivity contribution in [3.8, 4) is 11.3 Å². The van der Waals surface area contributed by atoms with Crippen molar-refractivity contribution in [2.75, 3.05) is 5.43 Å². The van der Waals surface area contributed by atoms with E-state index in [1.165, 1.54) is 0 Å². The van der Waals surface area contributed by atoms with Crippen molar-refractivity contribution in [1.29, 1.82) is 0 Å². The molecule has 0 bridgehead atoms. The fourth-order valence-electron chi connectivity index (χ4n) is 3.77. The molecule has 2 aromatic heterocycles. The molecule has 2 heterocycles. The maximum atomic E-state index is 6.25. The van der Waals surface area contributed by atoms with Gasteiger partial charge in [0.05, 0.1) is 10.9 Å². The number of rotatable bonds is 3. The van der Waals surface area contributed by atoms with Crippen LogP contribution in [0.4, 0.5) is 5.82 Å². The molecule has 152 valence electrons. The summed E-state index contributed by atoms with van der Waals surface area (Å²) in [6.07, 6.45) is 0. The molecule has 1 N–H and O–H groups in total. The van der Waals surface area contributed by atoms with Crippen LogP contribution in [0, 0.1) is 13.8 Å². The molecule has 0 atom stereocenters. The first-order valence-corrected chi connectivity index (χ1v) is 10.4. The molecular weight excluding hydrogens is 406 g/mol. The average molecular weight is 426 g/mol. The first-order valence-electron chi connectivity index (χ1n) is 10.0. The Balaban J connectivity index is 1.66. The van der Waals surface area contributed by atoms with Crippen molar-refractivity contribution in [2.24, 2.45) is 5.10 Å². The number of pyridine rings is 1. The molecule has 0 radical (unpaired) electrons. The van der Waals surface area contributed by atoms with Crippen LogP contribution in [-0.4, -0.2) is 4.98 Å². The lowest BCUT2D eigenvalue weighted by Gasteiger charge is -2.09. The lowest BCUT2D eigenvalue weighted by atomic mass is 10.1. The number of benzene rings is 3. The summed E-state index contributed by atoms with van der Waals surface area (Å²) in [6, 6.07) is 25.7. The molecule has 3 aromatic carbocycles. The standard InChI is InChI=1S/C26H20ClN3O/c1-16-13-17(2)26-22(29-30-25-12-9-18-5-3-4-6-21(18)28-25)15-23(31-24(26)14-16)19-7-10-20(27)11-8-19/h3-15H,1-2H3,(H,28,30). The second-order valence-corrected chi connectivity index (χ2v) is 8.01. The second-order valence-electron chi connectivity index (χ2n) is 7.57. The predicted octanol–water partition coefficient (Wildman–Crippen LogP) is 6.85.